The molecule has 3 rings (SSSR count). The van der Waals surface area contributed by atoms with Crippen molar-refractivity contribution < 1.29 is 19.4 Å². The molecule has 2 aromatic rings. The number of nitrogens with one attached hydrogen (secondary N) is 1. The summed E-state index contributed by atoms with van der Waals surface area (Å²) in [5.74, 6) is 1.04. The van der Waals surface area contributed by atoms with E-state index in [1.165, 1.54) is 24.8 Å². The van der Waals surface area contributed by atoms with E-state index in [9.17, 15) is 14.7 Å². The molecule has 32 heavy (non-hydrogen) atoms. The number of Topliss-reactive ketones (excluding diaryl/α,β-unsaturated/α-hetero) is 1. The lowest BCUT2D eigenvalue weighted by Gasteiger charge is -2.32. The van der Waals surface area contributed by atoms with Crippen LogP contribution in [0.5, 0.6) is 11.5 Å². The molecule has 0 spiro atoms. The highest BCUT2D eigenvalue weighted by Gasteiger charge is 2.21. The lowest BCUT2D eigenvalue weighted by atomic mass is 9.89. The zero-order valence-electron chi connectivity index (χ0n) is 19.3. The van der Waals surface area contributed by atoms with Gasteiger partial charge in [-0.05, 0) is 74.6 Å². The number of ketones is 1. The number of benzene rings is 2. The van der Waals surface area contributed by atoms with Gasteiger partial charge in [0.15, 0.2) is 5.78 Å². The summed E-state index contributed by atoms with van der Waals surface area (Å²) in [5.41, 5.74) is 2.67. The number of likely N-dealkylation sites (tertiary alicyclic amines) is 1. The van der Waals surface area contributed by atoms with Gasteiger partial charge in [-0.2, -0.15) is 0 Å². The molecule has 6 heteroatoms. The van der Waals surface area contributed by atoms with Crippen molar-refractivity contribution in [3.05, 3.63) is 53.6 Å². The van der Waals surface area contributed by atoms with Gasteiger partial charge < -0.3 is 20.1 Å². The molecule has 0 saturated carbocycles. The molecule has 0 aliphatic carbocycles. The molecule has 172 valence electrons. The highest BCUT2D eigenvalue weighted by atomic mass is 16.5. The first-order valence-corrected chi connectivity index (χ1v) is 11.4. The second-order valence-corrected chi connectivity index (χ2v) is 8.80. The lowest BCUT2D eigenvalue weighted by molar-refractivity contribution is -0.118. The highest BCUT2D eigenvalue weighted by Crippen LogP contribution is 2.30. The second kappa shape index (κ2) is 11.1. The number of carbonyl (C=O) groups is 2. The van der Waals surface area contributed by atoms with Gasteiger partial charge in [0, 0.05) is 24.1 Å². The molecule has 1 aliphatic rings. The number of phenols is 1. The quantitative estimate of drug-likeness (QED) is 0.548. The Morgan fingerprint density at radius 1 is 1.16 bits per heavy atom. The summed E-state index contributed by atoms with van der Waals surface area (Å²) < 4.78 is 5.22. The number of methoxy groups -OCH3 is 1. The normalized spacial score (nSPS) is 15.0. The summed E-state index contributed by atoms with van der Waals surface area (Å²) in [6, 6.07) is 12.8. The van der Waals surface area contributed by atoms with Crippen molar-refractivity contribution >= 4 is 17.4 Å². The predicted octanol–water partition coefficient (Wildman–Crippen LogP) is 4.84. The first-order valence-electron chi connectivity index (χ1n) is 11.4. The van der Waals surface area contributed by atoms with Crippen molar-refractivity contribution in [2.45, 2.75) is 45.4 Å². The molecule has 0 atom stereocenters. The number of hydrogen-bond donors (Lipinski definition) is 2. The fraction of sp³-hybridized carbons (Fsp3) is 0.462. The van der Waals surface area contributed by atoms with E-state index in [-0.39, 0.29) is 23.4 Å². The number of rotatable bonds is 9. The topological polar surface area (TPSA) is 78.9 Å². The van der Waals surface area contributed by atoms with Gasteiger partial charge in [0.1, 0.15) is 11.5 Å². The predicted molar refractivity (Wildman–Crippen MR) is 127 cm³/mol. The highest BCUT2D eigenvalue weighted by molar-refractivity contribution is 5.98. The van der Waals surface area contributed by atoms with Crippen molar-refractivity contribution in [2.24, 2.45) is 5.92 Å². The third-order valence-electron chi connectivity index (χ3n) is 6.10. The lowest BCUT2D eigenvalue weighted by Crippen LogP contribution is -2.33. The molecule has 1 amide bonds. The maximum atomic E-state index is 12.6. The molecule has 0 bridgehead atoms. The molecule has 1 saturated heterocycles. The molecule has 0 radical (unpaired) electrons. The Hall–Kier alpha value is -2.86. The molecule has 1 heterocycles. The van der Waals surface area contributed by atoms with E-state index in [2.05, 4.69) is 22.3 Å². The van der Waals surface area contributed by atoms with Gasteiger partial charge in [0.2, 0.25) is 5.91 Å². The molecular formula is C26H34N2O4. The van der Waals surface area contributed by atoms with Gasteiger partial charge in [0.25, 0.3) is 0 Å². The van der Waals surface area contributed by atoms with Crippen LogP contribution in [0.2, 0.25) is 0 Å². The summed E-state index contributed by atoms with van der Waals surface area (Å²) in [7, 11) is 1.50. The van der Waals surface area contributed by atoms with Crippen LogP contribution in [-0.2, 0) is 4.79 Å². The smallest absolute Gasteiger partial charge is 0.226 e. The molecule has 1 fully saturated rings. The average molecular weight is 439 g/mol. The number of nitrogens with zero attached hydrogens (tertiary/aromatic N) is 1. The average Bonchev–Trinajstić information content (AvgIpc) is 2.79. The van der Waals surface area contributed by atoms with Gasteiger partial charge in [-0.1, -0.05) is 26.0 Å². The number of ether oxygens (including phenoxy) is 1. The Kier molecular flexibility index (Phi) is 8.28. The Balaban J connectivity index is 1.45. The zero-order chi connectivity index (χ0) is 23.1. The first-order chi connectivity index (χ1) is 15.4. The molecule has 2 aromatic carbocycles. The number of phenolic OH excluding ortho intramolecular Hbond substituents is 1. The zero-order valence-corrected chi connectivity index (χ0v) is 19.3. The Morgan fingerprint density at radius 2 is 1.91 bits per heavy atom. The van der Waals surface area contributed by atoms with Crippen LogP contribution < -0.4 is 10.1 Å². The van der Waals surface area contributed by atoms with Crippen molar-refractivity contribution in [3.63, 3.8) is 0 Å². The number of anilines is 1. The van der Waals surface area contributed by atoms with Crippen LogP contribution in [-0.4, -0.2) is 48.4 Å². The minimum atomic E-state index is -0.0381. The molecule has 6 nitrogen and oxygen atoms in total. The van der Waals surface area contributed by atoms with Crippen LogP contribution in [0.1, 0.15) is 61.4 Å². The van der Waals surface area contributed by atoms with E-state index < -0.39 is 0 Å². The fourth-order valence-electron chi connectivity index (χ4n) is 4.16. The SMILES string of the molecule is COc1cc(O)ccc1C(=O)CCCN1CCC(c2cccc(NC(=O)C(C)C)c2)CC1. The third kappa shape index (κ3) is 6.33. The molecule has 1 aliphatic heterocycles. The monoisotopic (exact) mass is 438 g/mol. The van der Waals surface area contributed by atoms with Crippen molar-refractivity contribution in [1.82, 2.24) is 4.90 Å². The van der Waals surface area contributed by atoms with Crippen LogP contribution in [0.3, 0.4) is 0 Å². The third-order valence-corrected chi connectivity index (χ3v) is 6.10. The van der Waals surface area contributed by atoms with Crippen LogP contribution in [0.25, 0.3) is 0 Å². The number of carbonyl (C=O) groups excluding carboxylic acids is 2. The van der Waals surface area contributed by atoms with Gasteiger partial charge >= 0.3 is 0 Å². The fourth-order valence-corrected chi connectivity index (χ4v) is 4.16. The van der Waals surface area contributed by atoms with Gasteiger partial charge in [-0.3, -0.25) is 9.59 Å². The Bertz CT molecular complexity index is 933. The molecular weight excluding hydrogens is 404 g/mol. The van der Waals surface area contributed by atoms with E-state index >= 15 is 0 Å². The summed E-state index contributed by atoms with van der Waals surface area (Å²) in [6.07, 6.45) is 3.39. The molecule has 0 aromatic heterocycles. The van der Waals surface area contributed by atoms with Crippen LogP contribution in [0, 0.1) is 5.92 Å². The van der Waals surface area contributed by atoms with Crippen LogP contribution >= 0.6 is 0 Å². The van der Waals surface area contributed by atoms with Crippen molar-refractivity contribution in [3.8, 4) is 11.5 Å². The second-order valence-electron chi connectivity index (χ2n) is 8.80. The Morgan fingerprint density at radius 3 is 2.59 bits per heavy atom. The van der Waals surface area contributed by atoms with Gasteiger partial charge in [-0.25, -0.2) is 0 Å². The number of hydrogen-bond acceptors (Lipinski definition) is 5. The van der Waals surface area contributed by atoms with E-state index in [1.807, 2.05) is 26.0 Å². The minimum absolute atomic E-state index is 0.0381. The molecule has 2 N–H and O–H groups in total. The Labute approximate surface area is 190 Å². The number of amides is 1. The number of aromatic hydroxyl groups is 1. The van der Waals surface area contributed by atoms with E-state index in [0.717, 1.165) is 44.6 Å². The standard InChI is InChI=1S/C26H34N2O4/c1-18(2)26(31)27-21-7-4-6-20(16-21)19-11-14-28(15-12-19)13-5-8-24(30)23-10-9-22(29)17-25(23)32-3/h4,6-7,9-10,16-19,29H,5,8,11-15H2,1-3H3,(H,27,31). The summed E-state index contributed by atoms with van der Waals surface area (Å²) in [5, 5.41) is 12.5. The first kappa shape index (κ1) is 23.8. The maximum absolute atomic E-state index is 12.6. The van der Waals surface area contributed by atoms with Gasteiger partial charge in [-0.15, -0.1) is 0 Å². The van der Waals surface area contributed by atoms with E-state index in [0.29, 0.717) is 23.7 Å². The summed E-state index contributed by atoms with van der Waals surface area (Å²) >= 11 is 0. The van der Waals surface area contributed by atoms with Crippen molar-refractivity contribution in [2.75, 3.05) is 32.1 Å². The van der Waals surface area contributed by atoms with Gasteiger partial charge in [0.05, 0.1) is 12.7 Å². The maximum Gasteiger partial charge on any atom is 0.226 e. The minimum Gasteiger partial charge on any atom is -0.508 e. The van der Waals surface area contributed by atoms with Crippen LogP contribution in [0.4, 0.5) is 5.69 Å². The summed E-state index contributed by atoms with van der Waals surface area (Å²) in [6.45, 7) is 6.69. The largest absolute Gasteiger partial charge is 0.508 e. The van der Waals surface area contributed by atoms with Crippen molar-refractivity contribution in [1.29, 1.82) is 0 Å². The molecule has 0 unspecified atom stereocenters. The van der Waals surface area contributed by atoms with Crippen LogP contribution in [0.15, 0.2) is 42.5 Å². The van der Waals surface area contributed by atoms with E-state index in [1.54, 1.807) is 6.07 Å². The van der Waals surface area contributed by atoms with E-state index in [4.69, 9.17) is 4.74 Å². The summed E-state index contributed by atoms with van der Waals surface area (Å²) in [4.78, 5) is 26.9. The number of piperidine rings is 1.